The first-order valence-electron chi connectivity index (χ1n) is 13.7. The summed E-state index contributed by atoms with van der Waals surface area (Å²) >= 11 is 0. The Labute approximate surface area is 250 Å². The normalized spacial score (nSPS) is 17.7. The number of carbonyl (C=O) groups is 2. The number of aryl methyl sites for hydroxylation is 2. The summed E-state index contributed by atoms with van der Waals surface area (Å²) in [5, 5.41) is 16.6. The van der Waals surface area contributed by atoms with Crippen LogP contribution in [0.5, 0.6) is 11.5 Å². The van der Waals surface area contributed by atoms with Gasteiger partial charge < -0.3 is 34.2 Å². The highest BCUT2D eigenvalue weighted by molar-refractivity contribution is 7.92. The largest absolute Gasteiger partial charge is 0.497 e. The van der Waals surface area contributed by atoms with Gasteiger partial charge in [-0.3, -0.25) is 9.52 Å². The van der Waals surface area contributed by atoms with Gasteiger partial charge in [-0.15, -0.1) is 0 Å². The topological polar surface area (TPSA) is 164 Å². The molecule has 0 fully saturated rings. The lowest BCUT2D eigenvalue weighted by molar-refractivity contribution is 0.0373. The Morgan fingerprint density at radius 3 is 2.53 bits per heavy atom. The van der Waals surface area contributed by atoms with Crippen molar-refractivity contribution in [2.75, 3.05) is 43.9 Å². The van der Waals surface area contributed by atoms with Crippen LogP contribution in [0.3, 0.4) is 0 Å². The van der Waals surface area contributed by atoms with Crippen molar-refractivity contribution >= 4 is 33.3 Å². The molecule has 14 heteroatoms. The van der Waals surface area contributed by atoms with Crippen LogP contribution in [0.15, 0.2) is 51.9 Å². The number of amides is 3. The third-order valence-corrected chi connectivity index (χ3v) is 8.75. The van der Waals surface area contributed by atoms with Crippen LogP contribution in [-0.2, 0) is 10.0 Å². The number of ether oxygens (including phenoxy) is 2. The maximum Gasteiger partial charge on any atom is 0.321 e. The lowest BCUT2D eigenvalue weighted by Gasteiger charge is -2.38. The van der Waals surface area contributed by atoms with E-state index in [1.165, 1.54) is 47.2 Å². The van der Waals surface area contributed by atoms with Crippen LogP contribution >= 0.6 is 0 Å². The quantitative estimate of drug-likeness (QED) is 0.327. The Bertz CT molecular complexity index is 1550. The van der Waals surface area contributed by atoms with Gasteiger partial charge in [-0.05, 0) is 57.2 Å². The molecule has 13 nitrogen and oxygen atoms in total. The summed E-state index contributed by atoms with van der Waals surface area (Å²) in [5.41, 5.74) is 1.18. The number of fused-ring (bicyclic) bond motifs is 1. The van der Waals surface area contributed by atoms with Crippen molar-refractivity contribution in [3.05, 3.63) is 59.5 Å². The molecule has 3 N–H and O–H groups in total. The number of nitrogens with zero attached hydrogens (tertiary/aromatic N) is 3. The number of carbonyl (C=O) groups excluding carboxylic acids is 2. The van der Waals surface area contributed by atoms with Crippen molar-refractivity contribution in [3.8, 4) is 11.5 Å². The Balaban J connectivity index is 1.69. The second-order valence-corrected chi connectivity index (χ2v) is 12.3. The molecule has 2 heterocycles. The highest BCUT2D eigenvalue weighted by Crippen LogP contribution is 2.36. The molecular formula is C29H37N5O8S. The van der Waals surface area contributed by atoms with Crippen molar-refractivity contribution in [2.24, 2.45) is 5.92 Å². The Kier molecular flexibility index (Phi) is 9.50. The SMILES string of the molecule is COc1ccc(S(=O)(=O)Nc2cccc3c2O[C@@H](CN(C)C(=O)Nc2c(C)noc2C)[C@H](C)CN([C@H](C)CO)C3=O)cc1. The number of nitrogens with one attached hydrogen (secondary N) is 2. The van der Waals surface area contributed by atoms with E-state index in [4.69, 9.17) is 14.0 Å². The van der Waals surface area contributed by atoms with Gasteiger partial charge in [0.15, 0.2) is 11.5 Å². The molecule has 3 amide bonds. The predicted molar refractivity (Wildman–Crippen MR) is 159 cm³/mol. The number of aliphatic hydroxyl groups excluding tert-OH is 1. The van der Waals surface area contributed by atoms with Gasteiger partial charge in [-0.2, -0.15) is 0 Å². The number of aromatic nitrogens is 1. The van der Waals surface area contributed by atoms with E-state index in [2.05, 4.69) is 15.2 Å². The lowest BCUT2D eigenvalue weighted by atomic mass is 9.99. The number of likely N-dealkylation sites (N-methyl/N-ethyl adjacent to an activating group) is 1. The number of hydrogen-bond donors (Lipinski definition) is 3. The maximum atomic E-state index is 13.7. The predicted octanol–water partition coefficient (Wildman–Crippen LogP) is 3.48. The molecule has 0 saturated heterocycles. The van der Waals surface area contributed by atoms with Gasteiger partial charge in [0, 0.05) is 19.5 Å². The Hall–Kier alpha value is -4.30. The fourth-order valence-electron chi connectivity index (χ4n) is 4.72. The second kappa shape index (κ2) is 12.9. The molecule has 232 valence electrons. The number of methoxy groups -OCH3 is 1. The molecule has 2 aromatic carbocycles. The maximum absolute atomic E-state index is 13.7. The monoisotopic (exact) mass is 615 g/mol. The van der Waals surface area contributed by atoms with Crippen molar-refractivity contribution < 1.29 is 37.1 Å². The van der Waals surface area contributed by atoms with E-state index in [0.717, 1.165) is 0 Å². The summed E-state index contributed by atoms with van der Waals surface area (Å²) in [6, 6.07) is 9.50. The first-order valence-corrected chi connectivity index (χ1v) is 15.2. The van der Waals surface area contributed by atoms with Crippen LogP contribution in [0.1, 0.15) is 35.7 Å². The first-order chi connectivity index (χ1) is 20.4. The van der Waals surface area contributed by atoms with Crippen molar-refractivity contribution in [1.29, 1.82) is 0 Å². The standard InChI is InChI=1S/C29H37N5O8S/c1-17-14-34(18(2)16-35)28(36)23-8-7-9-24(32-43(38,39)22-12-10-21(40-6)11-13-22)27(23)41-25(17)15-33(5)29(37)30-26-19(3)31-42-20(26)4/h7-13,17-18,25,32,35H,14-16H2,1-6H3,(H,30,37)/t17-,18-,25+/m1/s1. The number of hydrogen-bond acceptors (Lipinski definition) is 9. The van der Waals surface area contributed by atoms with E-state index in [-0.39, 0.29) is 47.5 Å². The number of anilines is 2. The smallest absolute Gasteiger partial charge is 0.321 e. The molecule has 0 bridgehead atoms. The highest BCUT2D eigenvalue weighted by atomic mass is 32.2. The molecule has 1 aliphatic rings. The molecule has 4 rings (SSSR count). The molecular weight excluding hydrogens is 578 g/mol. The Morgan fingerprint density at radius 1 is 1.23 bits per heavy atom. The molecule has 0 aliphatic carbocycles. The zero-order valence-corrected chi connectivity index (χ0v) is 25.8. The van der Waals surface area contributed by atoms with Crippen molar-refractivity contribution in [3.63, 3.8) is 0 Å². The third kappa shape index (κ3) is 6.86. The van der Waals surface area contributed by atoms with Crippen LogP contribution < -0.4 is 19.5 Å². The molecule has 0 spiro atoms. The molecule has 43 heavy (non-hydrogen) atoms. The summed E-state index contributed by atoms with van der Waals surface area (Å²) in [4.78, 5) is 29.8. The van der Waals surface area contributed by atoms with E-state index >= 15 is 0 Å². The summed E-state index contributed by atoms with van der Waals surface area (Å²) in [7, 11) is -1.01. The molecule has 3 aromatic rings. The minimum Gasteiger partial charge on any atom is -0.497 e. The van der Waals surface area contributed by atoms with Gasteiger partial charge in [-0.1, -0.05) is 18.1 Å². The van der Waals surface area contributed by atoms with Gasteiger partial charge in [-0.25, -0.2) is 13.2 Å². The third-order valence-electron chi connectivity index (χ3n) is 7.37. The Morgan fingerprint density at radius 2 is 1.93 bits per heavy atom. The first kappa shape index (κ1) is 31.6. The zero-order valence-electron chi connectivity index (χ0n) is 24.9. The molecule has 0 saturated carbocycles. The molecule has 1 aliphatic heterocycles. The van der Waals surface area contributed by atoms with Crippen LogP contribution in [-0.4, -0.2) is 86.4 Å². The summed E-state index contributed by atoms with van der Waals surface area (Å²) < 4.78 is 45.9. The summed E-state index contributed by atoms with van der Waals surface area (Å²) in [5.74, 6) is 0.235. The van der Waals surface area contributed by atoms with E-state index < -0.39 is 34.1 Å². The van der Waals surface area contributed by atoms with Gasteiger partial charge in [0.25, 0.3) is 15.9 Å². The fourth-order valence-corrected chi connectivity index (χ4v) is 5.78. The lowest BCUT2D eigenvalue weighted by Crippen LogP contribution is -2.50. The van der Waals surface area contributed by atoms with Crippen LogP contribution in [0.25, 0.3) is 0 Å². The molecule has 0 radical (unpaired) electrons. The average Bonchev–Trinajstić information content (AvgIpc) is 3.30. The van der Waals surface area contributed by atoms with E-state index in [1.807, 2.05) is 6.92 Å². The van der Waals surface area contributed by atoms with Crippen molar-refractivity contribution in [1.82, 2.24) is 15.0 Å². The van der Waals surface area contributed by atoms with E-state index in [1.54, 1.807) is 40.0 Å². The summed E-state index contributed by atoms with van der Waals surface area (Å²) in [6.45, 7) is 7.03. The summed E-state index contributed by atoms with van der Waals surface area (Å²) in [6.07, 6.45) is -0.674. The number of urea groups is 1. The number of para-hydroxylation sites is 1. The van der Waals surface area contributed by atoms with Gasteiger partial charge in [0.1, 0.15) is 23.2 Å². The molecule has 0 unspecified atom stereocenters. The minimum absolute atomic E-state index is 0.0146. The number of aliphatic hydroxyl groups is 1. The second-order valence-electron chi connectivity index (χ2n) is 10.6. The number of rotatable bonds is 9. The van der Waals surface area contributed by atoms with Gasteiger partial charge in [0.2, 0.25) is 0 Å². The molecule has 1 aromatic heterocycles. The van der Waals surface area contributed by atoms with E-state index in [0.29, 0.717) is 22.9 Å². The number of sulfonamides is 1. The van der Waals surface area contributed by atoms with Gasteiger partial charge >= 0.3 is 6.03 Å². The molecule has 3 atom stereocenters. The average molecular weight is 616 g/mol. The highest BCUT2D eigenvalue weighted by Gasteiger charge is 2.35. The van der Waals surface area contributed by atoms with Crippen molar-refractivity contribution in [2.45, 2.75) is 44.7 Å². The fraction of sp³-hybridized carbons (Fsp3) is 0.414. The van der Waals surface area contributed by atoms with Crippen LogP contribution in [0.2, 0.25) is 0 Å². The minimum atomic E-state index is -4.09. The number of benzene rings is 2. The van der Waals surface area contributed by atoms with Crippen LogP contribution in [0, 0.1) is 19.8 Å². The van der Waals surface area contributed by atoms with Crippen LogP contribution in [0.4, 0.5) is 16.2 Å². The van der Waals surface area contributed by atoms with E-state index in [9.17, 15) is 23.1 Å². The zero-order chi connectivity index (χ0) is 31.5. The van der Waals surface area contributed by atoms with Gasteiger partial charge in [0.05, 0.1) is 42.4 Å².